The van der Waals surface area contributed by atoms with Gasteiger partial charge < -0.3 is 4.74 Å². The van der Waals surface area contributed by atoms with Crippen LogP contribution in [0.25, 0.3) is 66.9 Å². The minimum absolute atomic E-state index is 0.0213. The molecule has 0 aliphatic carbocycles. The zero-order chi connectivity index (χ0) is 42.1. The number of aromatic nitrogens is 4. The molecule has 60 heavy (non-hydrogen) atoms. The Bertz CT molecular complexity index is 3080. The summed E-state index contributed by atoms with van der Waals surface area (Å²) < 4.78 is 11.5. The number of para-hydroxylation sites is 2. The molecule has 6 heteroatoms. The fraction of sp³-hybridized carbons (Fsp3) is 0.222. The molecule has 0 bridgehead atoms. The van der Waals surface area contributed by atoms with E-state index in [1.165, 1.54) is 11.1 Å². The van der Waals surface area contributed by atoms with Gasteiger partial charge in [-0.25, -0.2) is 9.97 Å². The third kappa shape index (κ3) is 7.26. The van der Waals surface area contributed by atoms with Crippen LogP contribution in [-0.4, -0.2) is 19.1 Å². The van der Waals surface area contributed by atoms with Crippen molar-refractivity contribution < 1.29 is 4.74 Å². The molecular formula is C54H51ClN4O. The van der Waals surface area contributed by atoms with E-state index >= 15 is 0 Å². The average Bonchev–Trinajstić information content (AvgIpc) is 3.75. The Morgan fingerprint density at radius 2 is 1.22 bits per heavy atom. The summed E-state index contributed by atoms with van der Waals surface area (Å²) in [5.41, 5.74) is 11.8. The summed E-state index contributed by atoms with van der Waals surface area (Å²) in [7, 11) is 0. The average molecular weight is 807 g/mol. The van der Waals surface area contributed by atoms with E-state index in [4.69, 9.17) is 26.3 Å². The van der Waals surface area contributed by atoms with E-state index in [9.17, 15) is 0 Å². The quantitative estimate of drug-likeness (QED) is 0.168. The van der Waals surface area contributed by atoms with Crippen molar-refractivity contribution in [3.05, 3.63) is 167 Å². The summed E-state index contributed by atoms with van der Waals surface area (Å²) in [6.45, 7) is 20.2. The molecule has 0 saturated heterocycles. The molecule has 0 amide bonds. The molecule has 0 aliphatic rings. The molecule has 9 aromatic rings. The first-order valence-corrected chi connectivity index (χ1v) is 21.1. The van der Waals surface area contributed by atoms with Crippen molar-refractivity contribution in [3.63, 3.8) is 0 Å². The number of fused-ring (bicyclic) bond motifs is 4. The van der Waals surface area contributed by atoms with Gasteiger partial charge in [-0.05, 0) is 123 Å². The van der Waals surface area contributed by atoms with Crippen LogP contribution in [0.1, 0.15) is 79.0 Å². The standard InChI is InChI=1S/C54H51ClN4O/c1-52(2,3)36-19-23-46(43(30-36)34-15-11-10-12-16-34)59-48-18-14-13-17-45(48)57-51(59)35-27-38(54(7,8)9)29-41(28-35)60-40-21-22-42-44-32-39(55)20-24-47(44)58(49(42)33-40)50-31-37(25-26-56-50)53(4,5)6/h10-33H,1-9H3. The Morgan fingerprint density at radius 3 is 1.97 bits per heavy atom. The Hall–Kier alpha value is -6.17. The Kier molecular flexibility index (Phi) is 9.52. The second-order valence-corrected chi connectivity index (χ2v) is 19.5. The SMILES string of the molecule is CC(C)(C)c1cc(Oc2ccc3c4cc(Cl)ccc4n(-c4cc(C(C)(C)C)ccn4)c3c2)cc(-c2nc3ccccc3n2-c2ccc(C(C)(C)C)cc2-c2ccccc2)c1. The van der Waals surface area contributed by atoms with Crippen molar-refractivity contribution in [2.24, 2.45) is 0 Å². The predicted molar refractivity (Wildman–Crippen MR) is 252 cm³/mol. The van der Waals surface area contributed by atoms with Gasteiger partial charge in [0.15, 0.2) is 0 Å². The van der Waals surface area contributed by atoms with E-state index < -0.39 is 0 Å². The van der Waals surface area contributed by atoms with Gasteiger partial charge in [0.2, 0.25) is 0 Å². The number of hydrogen-bond acceptors (Lipinski definition) is 3. The van der Waals surface area contributed by atoms with E-state index in [2.05, 4.69) is 193 Å². The van der Waals surface area contributed by atoms with Crippen molar-refractivity contribution in [1.29, 1.82) is 0 Å². The van der Waals surface area contributed by atoms with Crippen LogP contribution in [0.3, 0.4) is 0 Å². The molecule has 300 valence electrons. The number of ether oxygens (including phenoxy) is 1. The van der Waals surface area contributed by atoms with Crippen molar-refractivity contribution in [1.82, 2.24) is 19.1 Å². The molecule has 0 saturated carbocycles. The molecule has 0 spiro atoms. The van der Waals surface area contributed by atoms with E-state index in [-0.39, 0.29) is 16.2 Å². The first kappa shape index (κ1) is 39.3. The lowest BCUT2D eigenvalue weighted by molar-refractivity contribution is 0.479. The van der Waals surface area contributed by atoms with Crippen LogP contribution in [0.5, 0.6) is 11.5 Å². The predicted octanol–water partition coefficient (Wildman–Crippen LogP) is 15.2. The number of halogens is 1. The number of hydrogen-bond donors (Lipinski definition) is 0. The fourth-order valence-corrected chi connectivity index (χ4v) is 8.33. The van der Waals surface area contributed by atoms with Gasteiger partial charge >= 0.3 is 0 Å². The number of rotatable bonds is 6. The summed E-state index contributed by atoms with van der Waals surface area (Å²) in [5, 5.41) is 2.83. The molecule has 9 rings (SSSR count). The maximum atomic E-state index is 6.94. The topological polar surface area (TPSA) is 44.9 Å². The van der Waals surface area contributed by atoms with Crippen LogP contribution >= 0.6 is 11.6 Å². The maximum Gasteiger partial charge on any atom is 0.145 e. The highest BCUT2D eigenvalue weighted by atomic mass is 35.5. The zero-order valence-electron chi connectivity index (χ0n) is 35.9. The van der Waals surface area contributed by atoms with Crippen molar-refractivity contribution in [3.8, 4) is 45.5 Å². The monoisotopic (exact) mass is 806 g/mol. The lowest BCUT2D eigenvalue weighted by Gasteiger charge is -2.24. The van der Waals surface area contributed by atoms with E-state index in [0.717, 1.165) is 83.9 Å². The molecule has 0 radical (unpaired) electrons. The lowest BCUT2D eigenvalue weighted by Crippen LogP contribution is -2.12. The van der Waals surface area contributed by atoms with Crippen LogP contribution in [0.2, 0.25) is 5.02 Å². The van der Waals surface area contributed by atoms with Gasteiger partial charge in [0.1, 0.15) is 23.1 Å². The molecule has 0 atom stereocenters. The Balaban J connectivity index is 1.23. The van der Waals surface area contributed by atoms with Crippen LogP contribution in [0.4, 0.5) is 0 Å². The number of nitrogens with zero attached hydrogens (tertiary/aromatic N) is 4. The van der Waals surface area contributed by atoms with Crippen LogP contribution in [-0.2, 0) is 16.2 Å². The molecule has 6 aromatic carbocycles. The molecule has 0 aliphatic heterocycles. The summed E-state index contributed by atoms with van der Waals surface area (Å²) in [6, 6.07) is 49.2. The number of benzene rings is 6. The van der Waals surface area contributed by atoms with Crippen molar-refractivity contribution >= 4 is 44.4 Å². The summed E-state index contributed by atoms with van der Waals surface area (Å²) in [5.74, 6) is 3.16. The minimum atomic E-state index is -0.173. The lowest BCUT2D eigenvalue weighted by atomic mass is 9.84. The molecular weight excluding hydrogens is 756 g/mol. The van der Waals surface area contributed by atoms with Gasteiger partial charge in [-0.2, -0.15) is 0 Å². The molecule has 3 aromatic heterocycles. The Morgan fingerprint density at radius 1 is 0.500 bits per heavy atom. The maximum absolute atomic E-state index is 6.94. The minimum Gasteiger partial charge on any atom is -0.457 e. The fourth-order valence-electron chi connectivity index (χ4n) is 8.16. The second kappa shape index (κ2) is 14.5. The summed E-state index contributed by atoms with van der Waals surface area (Å²) in [4.78, 5) is 10.3. The van der Waals surface area contributed by atoms with Crippen LogP contribution in [0, 0.1) is 0 Å². The smallest absolute Gasteiger partial charge is 0.145 e. The first-order valence-electron chi connectivity index (χ1n) is 20.8. The number of pyridine rings is 1. The molecule has 0 N–H and O–H groups in total. The third-order valence-electron chi connectivity index (χ3n) is 11.6. The Labute approximate surface area is 358 Å². The van der Waals surface area contributed by atoms with Gasteiger partial charge in [-0.3, -0.25) is 9.13 Å². The van der Waals surface area contributed by atoms with Gasteiger partial charge in [-0.15, -0.1) is 0 Å². The molecule has 0 fully saturated rings. The van der Waals surface area contributed by atoms with Gasteiger partial charge in [0.25, 0.3) is 0 Å². The molecule has 5 nitrogen and oxygen atoms in total. The highest BCUT2D eigenvalue weighted by molar-refractivity contribution is 6.32. The van der Waals surface area contributed by atoms with E-state index in [1.54, 1.807) is 0 Å². The molecule has 3 heterocycles. The largest absolute Gasteiger partial charge is 0.457 e. The highest BCUT2D eigenvalue weighted by Crippen LogP contribution is 2.41. The normalized spacial score (nSPS) is 12.5. The van der Waals surface area contributed by atoms with Gasteiger partial charge in [0.05, 0.1) is 27.8 Å². The molecule has 0 unspecified atom stereocenters. The summed E-state index contributed by atoms with van der Waals surface area (Å²) in [6.07, 6.45) is 1.90. The third-order valence-corrected chi connectivity index (χ3v) is 11.8. The van der Waals surface area contributed by atoms with Crippen molar-refractivity contribution in [2.45, 2.75) is 78.6 Å². The first-order chi connectivity index (χ1) is 28.5. The van der Waals surface area contributed by atoms with E-state index in [0.29, 0.717) is 5.02 Å². The van der Waals surface area contributed by atoms with Crippen LogP contribution < -0.4 is 4.74 Å². The van der Waals surface area contributed by atoms with E-state index in [1.807, 2.05) is 24.4 Å². The van der Waals surface area contributed by atoms with Crippen LogP contribution in [0.15, 0.2) is 146 Å². The summed E-state index contributed by atoms with van der Waals surface area (Å²) >= 11 is 6.60. The van der Waals surface area contributed by atoms with Crippen molar-refractivity contribution in [2.75, 3.05) is 0 Å². The van der Waals surface area contributed by atoms with Gasteiger partial charge in [0, 0.05) is 39.2 Å². The van der Waals surface area contributed by atoms with Gasteiger partial charge in [-0.1, -0.05) is 122 Å². The second-order valence-electron chi connectivity index (χ2n) is 19.0. The highest BCUT2D eigenvalue weighted by Gasteiger charge is 2.24. The number of imidazole rings is 1. The zero-order valence-corrected chi connectivity index (χ0v) is 36.7.